The second kappa shape index (κ2) is 10.3. The van der Waals surface area contributed by atoms with E-state index in [1.54, 1.807) is 12.1 Å². The van der Waals surface area contributed by atoms with Gasteiger partial charge in [0.05, 0.1) is 11.3 Å². The fraction of sp³-hybridized carbons (Fsp3) is 0.269. The molecule has 1 heterocycles. The minimum Gasteiger partial charge on any atom is -0.478 e. The third kappa shape index (κ3) is 4.88. The van der Waals surface area contributed by atoms with E-state index in [4.69, 9.17) is 0 Å². The number of unbranched alkanes of at least 4 members (excludes halogenated alkanes) is 1. The van der Waals surface area contributed by atoms with E-state index >= 15 is 0 Å². The zero-order chi connectivity index (χ0) is 23.2. The largest absolute Gasteiger partial charge is 0.478 e. The Labute approximate surface area is 194 Å². The first kappa shape index (κ1) is 22.5. The fourth-order valence-electron chi connectivity index (χ4n) is 4.07. The molecule has 4 rings (SSSR count). The van der Waals surface area contributed by atoms with Crippen LogP contribution in [0.25, 0.3) is 11.1 Å². The molecule has 0 saturated heterocycles. The van der Waals surface area contributed by atoms with Gasteiger partial charge in [-0.15, -0.1) is 0 Å². The average Bonchev–Trinajstić information content (AvgIpc) is 3.24. The van der Waals surface area contributed by atoms with Crippen LogP contribution in [0.3, 0.4) is 0 Å². The molecule has 0 spiro atoms. The number of para-hydroxylation sites is 1. The quantitative estimate of drug-likeness (QED) is 0.447. The zero-order valence-corrected chi connectivity index (χ0v) is 19.0. The van der Waals surface area contributed by atoms with Gasteiger partial charge in [-0.1, -0.05) is 67.9 Å². The third-order valence-electron chi connectivity index (χ3n) is 5.80. The smallest absolute Gasteiger partial charge is 0.336 e. The molecule has 2 N–H and O–H groups in total. The van der Waals surface area contributed by atoms with Gasteiger partial charge in [-0.25, -0.2) is 14.8 Å². The van der Waals surface area contributed by atoms with Gasteiger partial charge in [0.1, 0.15) is 0 Å². The van der Waals surface area contributed by atoms with E-state index in [2.05, 4.69) is 22.7 Å². The molecule has 1 aliphatic heterocycles. The fourth-order valence-corrected chi connectivity index (χ4v) is 4.07. The summed E-state index contributed by atoms with van der Waals surface area (Å²) >= 11 is 0. The van der Waals surface area contributed by atoms with E-state index < -0.39 is 5.97 Å². The van der Waals surface area contributed by atoms with Crippen LogP contribution < -0.4 is 10.3 Å². The number of carboxylic acids is 1. The summed E-state index contributed by atoms with van der Waals surface area (Å²) in [7, 11) is 0. The molecule has 3 aromatic rings. The highest BCUT2D eigenvalue weighted by molar-refractivity contribution is 5.97. The highest BCUT2D eigenvalue weighted by Crippen LogP contribution is 2.31. The highest BCUT2D eigenvalue weighted by atomic mass is 16.4. The first-order valence-corrected chi connectivity index (χ1v) is 11.3. The van der Waals surface area contributed by atoms with Crippen LogP contribution in [0.1, 0.15) is 41.3 Å². The average molecular weight is 444 g/mol. The van der Waals surface area contributed by atoms with Crippen LogP contribution in [-0.2, 0) is 6.54 Å². The molecule has 7 heteroatoms. The topological polar surface area (TPSA) is 80.5 Å². The van der Waals surface area contributed by atoms with E-state index in [0.717, 1.165) is 47.3 Å². The van der Waals surface area contributed by atoms with Crippen molar-refractivity contribution in [2.75, 3.05) is 11.6 Å². The standard InChI is InChI=1S/C26H29N5O2/c1-3-4-17-30-26(31(29-28-30)21-13-6-5-7-14-21)27-18-20-12-10-16-23(25(32)33)24(20)22-15-9-8-11-19(22)2/h5-16,26-27H,3-4,17-18H2,1-2H3,(H,32,33). The van der Waals surface area contributed by atoms with Crippen LogP contribution in [0.4, 0.5) is 5.69 Å². The van der Waals surface area contributed by atoms with Gasteiger partial charge >= 0.3 is 5.97 Å². The molecule has 0 aromatic heterocycles. The Morgan fingerprint density at radius 3 is 2.48 bits per heavy atom. The van der Waals surface area contributed by atoms with Crippen LogP contribution in [0, 0.1) is 6.92 Å². The van der Waals surface area contributed by atoms with E-state index in [0.29, 0.717) is 12.1 Å². The Bertz CT molecular complexity index is 1130. The predicted molar refractivity (Wildman–Crippen MR) is 130 cm³/mol. The van der Waals surface area contributed by atoms with E-state index in [1.165, 1.54) is 0 Å². The van der Waals surface area contributed by atoms with Crippen molar-refractivity contribution in [3.63, 3.8) is 0 Å². The number of nitrogens with one attached hydrogen (secondary N) is 1. The number of rotatable bonds is 9. The van der Waals surface area contributed by atoms with Crippen molar-refractivity contribution >= 4 is 11.7 Å². The number of nitrogens with zero attached hydrogens (tertiary/aromatic N) is 4. The van der Waals surface area contributed by atoms with Crippen LogP contribution in [0.5, 0.6) is 0 Å². The molecule has 1 unspecified atom stereocenters. The monoisotopic (exact) mass is 443 g/mol. The number of anilines is 1. The molecular formula is C26H29N5O2. The molecule has 0 aliphatic carbocycles. The summed E-state index contributed by atoms with van der Waals surface area (Å²) in [4.78, 5) is 12.1. The van der Waals surface area contributed by atoms with Crippen molar-refractivity contribution in [2.24, 2.45) is 10.4 Å². The van der Waals surface area contributed by atoms with Gasteiger partial charge in [-0.05, 0) is 58.7 Å². The maximum Gasteiger partial charge on any atom is 0.336 e. The molecule has 0 amide bonds. The summed E-state index contributed by atoms with van der Waals surface area (Å²) in [5, 5.41) is 26.1. The molecule has 0 radical (unpaired) electrons. The number of aromatic carboxylic acids is 1. The lowest BCUT2D eigenvalue weighted by atomic mass is 9.91. The molecule has 0 saturated carbocycles. The summed E-state index contributed by atoms with van der Waals surface area (Å²) in [6.45, 7) is 5.40. The predicted octanol–water partition coefficient (Wildman–Crippen LogP) is 5.64. The number of carbonyl (C=O) groups is 1. The van der Waals surface area contributed by atoms with Crippen molar-refractivity contribution in [3.8, 4) is 11.1 Å². The van der Waals surface area contributed by atoms with Gasteiger partial charge < -0.3 is 5.11 Å². The van der Waals surface area contributed by atoms with Crippen LogP contribution in [0.2, 0.25) is 0 Å². The van der Waals surface area contributed by atoms with Gasteiger partial charge in [0, 0.05) is 18.7 Å². The molecule has 7 nitrogen and oxygen atoms in total. The van der Waals surface area contributed by atoms with Gasteiger partial charge in [-0.2, -0.15) is 0 Å². The molecule has 1 atom stereocenters. The molecular weight excluding hydrogens is 414 g/mol. The number of aryl methyl sites for hydroxylation is 1. The third-order valence-corrected chi connectivity index (χ3v) is 5.80. The Morgan fingerprint density at radius 1 is 1.00 bits per heavy atom. The Balaban J connectivity index is 1.66. The van der Waals surface area contributed by atoms with Crippen molar-refractivity contribution in [2.45, 2.75) is 39.5 Å². The van der Waals surface area contributed by atoms with Crippen molar-refractivity contribution in [3.05, 3.63) is 89.5 Å². The minimum atomic E-state index is -0.934. The maximum absolute atomic E-state index is 12.1. The van der Waals surface area contributed by atoms with E-state index in [-0.39, 0.29) is 6.29 Å². The molecule has 3 aromatic carbocycles. The van der Waals surface area contributed by atoms with Crippen LogP contribution in [-0.4, -0.2) is 28.9 Å². The number of carboxylic acid groups (broad SMARTS) is 1. The van der Waals surface area contributed by atoms with Gasteiger partial charge in [-0.3, -0.25) is 5.32 Å². The summed E-state index contributed by atoms with van der Waals surface area (Å²) in [6.07, 6.45) is 1.79. The van der Waals surface area contributed by atoms with E-state index in [9.17, 15) is 9.90 Å². The van der Waals surface area contributed by atoms with Crippen molar-refractivity contribution < 1.29 is 9.90 Å². The number of hydrogen-bond donors (Lipinski definition) is 2. The van der Waals surface area contributed by atoms with Crippen LogP contribution >= 0.6 is 0 Å². The van der Waals surface area contributed by atoms with Crippen LogP contribution in [0.15, 0.2) is 83.2 Å². The normalized spacial score (nSPS) is 15.3. The first-order valence-electron chi connectivity index (χ1n) is 11.3. The Kier molecular flexibility index (Phi) is 7.00. The molecule has 1 aliphatic rings. The lowest BCUT2D eigenvalue weighted by Crippen LogP contribution is -2.49. The second-order valence-electron chi connectivity index (χ2n) is 8.09. The summed E-state index contributed by atoms with van der Waals surface area (Å²) < 4.78 is 0. The highest BCUT2D eigenvalue weighted by Gasteiger charge is 2.30. The molecule has 0 bridgehead atoms. The van der Waals surface area contributed by atoms with Gasteiger partial charge in [0.2, 0.25) is 0 Å². The minimum absolute atomic E-state index is 0.267. The molecule has 33 heavy (non-hydrogen) atoms. The second-order valence-corrected chi connectivity index (χ2v) is 8.09. The van der Waals surface area contributed by atoms with Crippen molar-refractivity contribution in [1.82, 2.24) is 10.3 Å². The maximum atomic E-state index is 12.1. The summed E-state index contributed by atoms with van der Waals surface area (Å²) in [5.41, 5.74) is 4.86. The number of benzene rings is 3. The lowest BCUT2D eigenvalue weighted by molar-refractivity contribution is 0.0697. The molecule has 170 valence electrons. The zero-order valence-electron chi connectivity index (χ0n) is 19.0. The number of hydrogen-bond acceptors (Lipinski definition) is 6. The van der Waals surface area contributed by atoms with E-state index in [1.807, 2.05) is 77.6 Å². The Morgan fingerprint density at radius 2 is 1.76 bits per heavy atom. The Hall–Kier alpha value is -3.71. The summed E-state index contributed by atoms with van der Waals surface area (Å²) in [5.74, 6) is -0.934. The molecule has 0 fully saturated rings. The van der Waals surface area contributed by atoms with Gasteiger partial charge in [0.25, 0.3) is 0 Å². The summed E-state index contributed by atoms with van der Waals surface area (Å²) in [6, 6.07) is 23.3. The lowest BCUT2D eigenvalue weighted by Gasteiger charge is -2.29. The van der Waals surface area contributed by atoms with Crippen molar-refractivity contribution in [1.29, 1.82) is 0 Å². The first-order chi connectivity index (χ1) is 16.1. The van der Waals surface area contributed by atoms with Gasteiger partial charge in [0.15, 0.2) is 6.29 Å². The SMILES string of the molecule is CCCCN1N=NN(c2ccccc2)C1NCc1cccc(C(=O)O)c1-c1ccccc1C.